The average molecular weight is 286 g/mol. The summed E-state index contributed by atoms with van der Waals surface area (Å²) in [5.41, 5.74) is 0. The normalized spacial score (nSPS) is 28.0. The number of urea groups is 1. The van der Waals surface area contributed by atoms with E-state index in [9.17, 15) is 9.59 Å². The monoisotopic (exact) mass is 286 g/mol. The van der Waals surface area contributed by atoms with Crippen molar-refractivity contribution >= 4 is 23.8 Å². The molecule has 2 unspecified atom stereocenters. The zero-order valence-electron chi connectivity index (χ0n) is 11.1. The largest absolute Gasteiger partial charge is 0.481 e. The number of thioether (sulfide) groups is 1. The van der Waals surface area contributed by atoms with Crippen LogP contribution in [0.4, 0.5) is 4.79 Å². The third-order valence-corrected chi connectivity index (χ3v) is 5.11. The third-order valence-electron chi connectivity index (χ3n) is 4.06. The van der Waals surface area contributed by atoms with Gasteiger partial charge in [0.25, 0.3) is 0 Å². The highest BCUT2D eigenvalue weighted by Crippen LogP contribution is 2.31. The second-order valence-corrected chi connectivity index (χ2v) is 6.60. The molecule has 2 amide bonds. The van der Waals surface area contributed by atoms with Gasteiger partial charge in [-0.3, -0.25) is 4.79 Å². The van der Waals surface area contributed by atoms with E-state index in [4.69, 9.17) is 5.11 Å². The molecule has 2 atom stereocenters. The van der Waals surface area contributed by atoms with Crippen LogP contribution in [0.25, 0.3) is 0 Å². The van der Waals surface area contributed by atoms with Crippen LogP contribution in [0.3, 0.4) is 0 Å². The van der Waals surface area contributed by atoms with Crippen molar-refractivity contribution in [3.05, 3.63) is 0 Å². The second kappa shape index (κ2) is 7.03. The molecule has 1 saturated carbocycles. The first kappa shape index (κ1) is 14.5. The summed E-state index contributed by atoms with van der Waals surface area (Å²) in [7, 11) is 0. The van der Waals surface area contributed by atoms with Crippen molar-refractivity contribution < 1.29 is 14.7 Å². The molecule has 1 aliphatic heterocycles. The Balaban J connectivity index is 1.69. The summed E-state index contributed by atoms with van der Waals surface area (Å²) >= 11 is 1.93. The Morgan fingerprint density at radius 2 is 1.89 bits per heavy atom. The van der Waals surface area contributed by atoms with Gasteiger partial charge in [-0.15, -0.1) is 0 Å². The number of nitrogens with one attached hydrogen (secondary N) is 2. The summed E-state index contributed by atoms with van der Waals surface area (Å²) < 4.78 is 0. The fourth-order valence-corrected chi connectivity index (χ4v) is 4.01. The Labute approximate surface area is 117 Å². The van der Waals surface area contributed by atoms with E-state index in [2.05, 4.69) is 10.6 Å². The van der Waals surface area contributed by atoms with E-state index in [1.54, 1.807) is 0 Å². The lowest BCUT2D eigenvalue weighted by Gasteiger charge is -2.23. The summed E-state index contributed by atoms with van der Waals surface area (Å²) in [5, 5.41) is 14.9. The molecule has 3 N–H and O–H groups in total. The first-order valence-corrected chi connectivity index (χ1v) is 8.17. The minimum absolute atomic E-state index is 0.0881. The summed E-state index contributed by atoms with van der Waals surface area (Å²) in [6.07, 6.45) is 4.64. The lowest BCUT2D eigenvalue weighted by Crippen LogP contribution is -2.45. The smallest absolute Gasteiger partial charge is 0.315 e. The summed E-state index contributed by atoms with van der Waals surface area (Å²) in [4.78, 5) is 22.8. The molecule has 108 valence electrons. The molecule has 2 rings (SSSR count). The standard InChI is InChI=1S/C13H22N2O3S/c16-12(17)11-3-1-2-9(11)8-14-13(18)15-10-4-6-19-7-5-10/h9-11H,1-8H2,(H,16,17)(H2,14,15,18). The Hall–Kier alpha value is -0.910. The molecule has 6 heteroatoms. The molecule has 0 aromatic heterocycles. The number of carboxylic acid groups (broad SMARTS) is 1. The van der Waals surface area contributed by atoms with Crippen LogP contribution in [0.2, 0.25) is 0 Å². The molecule has 0 bridgehead atoms. The quantitative estimate of drug-likeness (QED) is 0.735. The molecule has 2 fully saturated rings. The van der Waals surface area contributed by atoms with E-state index >= 15 is 0 Å². The van der Waals surface area contributed by atoms with E-state index < -0.39 is 5.97 Å². The Morgan fingerprint density at radius 1 is 1.16 bits per heavy atom. The van der Waals surface area contributed by atoms with Gasteiger partial charge in [-0.05, 0) is 43.1 Å². The van der Waals surface area contributed by atoms with Crippen molar-refractivity contribution in [3.63, 3.8) is 0 Å². The van der Waals surface area contributed by atoms with Crippen LogP contribution in [0.5, 0.6) is 0 Å². The van der Waals surface area contributed by atoms with Crippen LogP contribution in [0, 0.1) is 11.8 Å². The van der Waals surface area contributed by atoms with Gasteiger partial charge in [0.2, 0.25) is 0 Å². The van der Waals surface area contributed by atoms with E-state index in [0.717, 1.165) is 43.6 Å². The number of hydrogen-bond donors (Lipinski definition) is 3. The maximum atomic E-state index is 11.8. The molecule has 1 heterocycles. The van der Waals surface area contributed by atoms with Crippen molar-refractivity contribution in [1.82, 2.24) is 10.6 Å². The van der Waals surface area contributed by atoms with Crippen LogP contribution in [-0.4, -0.2) is 41.2 Å². The van der Waals surface area contributed by atoms with Crippen molar-refractivity contribution in [2.24, 2.45) is 11.8 Å². The fourth-order valence-electron chi connectivity index (χ4n) is 2.91. The lowest BCUT2D eigenvalue weighted by atomic mass is 9.96. The fraction of sp³-hybridized carbons (Fsp3) is 0.846. The van der Waals surface area contributed by atoms with Gasteiger partial charge < -0.3 is 15.7 Å². The van der Waals surface area contributed by atoms with Gasteiger partial charge >= 0.3 is 12.0 Å². The maximum absolute atomic E-state index is 11.8. The van der Waals surface area contributed by atoms with E-state index in [-0.39, 0.29) is 23.9 Å². The Morgan fingerprint density at radius 3 is 2.58 bits per heavy atom. The minimum atomic E-state index is -0.728. The molecule has 0 radical (unpaired) electrons. The molecule has 1 saturated heterocycles. The zero-order valence-corrected chi connectivity index (χ0v) is 11.9. The topological polar surface area (TPSA) is 78.4 Å². The molecule has 1 aliphatic carbocycles. The Kier molecular flexibility index (Phi) is 5.36. The van der Waals surface area contributed by atoms with Crippen LogP contribution in [0.1, 0.15) is 32.1 Å². The average Bonchev–Trinajstić information content (AvgIpc) is 2.86. The lowest BCUT2D eigenvalue weighted by molar-refractivity contribution is -0.142. The van der Waals surface area contributed by atoms with Gasteiger partial charge in [-0.25, -0.2) is 4.79 Å². The predicted molar refractivity (Wildman–Crippen MR) is 75.3 cm³/mol. The SMILES string of the molecule is O=C(NCC1CCCC1C(=O)O)NC1CCSCC1. The van der Waals surface area contributed by atoms with Gasteiger partial charge in [-0.2, -0.15) is 11.8 Å². The van der Waals surface area contributed by atoms with Gasteiger partial charge in [-0.1, -0.05) is 6.42 Å². The minimum Gasteiger partial charge on any atom is -0.481 e. The van der Waals surface area contributed by atoms with E-state index in [1.165, 1.54) is 0 Å². The van der Waals surface area contributed by atoms with Crippen molar-refractivity contribution in [2.75, 3.05) is 18.1 Å². The molecule has 5 nitrogen and oxygen atoms in total. The molecule has 2 aliphatic rings. The molecule has 19 heavy (non-hydrogen) atoms. The van der Waals surface area contributed by atoms with Crippen molar-refractivity contribution in [3.8, 4) is 0 Å². The molecular weight excluding hydrogens is 264 g/mol. The summed E-state index contributed by atoms with van der Waals surface area (Å²) in [6.45, 7) is 0.476. The number of amides is 2. The van der Waals surface area contributed by atoms with E-state index in [1.807, 2.05) is 11.8 Å². The number of hydrogen-bond acceptors (Lipinski definition) is 3. The number of carbonyl (C=O) groups excluding carboxylic acids is 1. The number of carboxylic acids is 1. The molecule has 0 aromatic carbocycles. The maximum Gasteiger partial charge on any atom is 0.315 e. The number of carbonyl (C=O) groups is 2. The van der Waals surface area contributed by atoms with Crippen LogP contribution < -0.4 is 10.6 Å². The van der Waals surface area contributed by atoms with Gasteiger partial charge in [0.05, 0.1) is 5.92 Å². The van der Waals surface area contributed by atoms with Gasteiger partial charge in [0.15, 0.2) is 0 Å². The molecule has 0 spiro atoms. The van der Waals surface area contributed by atoms with Gasteiger partial charge in [0.1, 0.15) is 0 Å². The highest BCUT2D eigenvalue weighted by Gasteiger charge is 2.32. The Bertz CT molecular complexity index is 332. The molecule has 0 aromatic rings. The molecular formula is C13H22N2O3S. The zero-order chi connectivity index (χ0) is 13.7. The van der Waals surface area contributed by atoms with Gasteiger partial charge in [0, 0.05) is 12.6 Å². The predicted octanol–water partition coefficient (Wildman–Crippen LogP) is 1.68. The van der Waals surface area contributed by atoms with Crippen LogP contribution in [0.15, 0.2) is 0 Å². The summed E-state index contributed by atoms with van der Waals surface area (Å²) in [6, 6.07) is 0.132. The number of aliphatic carboxylic acids is 1. The first-order chi connectivity index (χ1) is 9.16. The van der Waals surface area contributed by atoms with Crippen LogP contribution in [-0.2, 0) is 4.79 Å². The second-order valence-electron chi connectivity index (χ2n) is 5.38. The van der Waals surface area contributed by atoms with E-state index in [0.29, 0.717) is 6.54 Å². The van der Waals surface area contributed by atoms with Crippen molar-refractivity contribution in [2.45, 2.75) is 38.1 Å². The number of rotatable bonds is 4. The van der Waals surface area contributed by atoms with Crippen molar-refractivity contribution in [1.29, 1.82) is 0 Å². The summed E-state index contributed by atoms with van der Waals surface area (Å²) in [5.74, 6) is 1.29. The first-order valence-electron chi connectivity index (χ1n) is 7.01. The van der Waals surface area contributed by atoms with Crippen LogP contribution >= 0.6 is 11.8 Å². The highest BCUT2D eigenvalue weighted by atomic mass is 32.2. The highest BCUT2D eigenvalue weighted by molar-refractivity contribution is 7.99. The third kappa shape index (κ3) is 4.30.